The van der Waals surface area contributed by atoms with Crippen molar-refractivity contribution in [1.82, 2.24) is 4.90 Å². The predicted octanol–water partition coefficient (Wildman–Crippen LogP) is 2.85. The molecule has 2 heterocycles. The standard InChI is InChI=1S/C19H23N3S2/c1-16-2-4-17(5-3-16)6-7-18-8-10-21(11-9-18)22-14-12-20(13-15-22)19(23)24/h2-11,19H,12-15H2,1H3,(H-,23,24)/p+1/b7-6+. The summed E-state index contributed by atoms with van der Waals surface area (Å²) >= 11 is 8.78. The molecule has 1 aromatic carbocycles. The van der Waals surface area contributed by atoms with Crippen molar-refractivity contribution >= 4 is 37.4 Å². The predicted molar refractivity (Wildman–Crippen MR) is 108 cm³/mol. The number of pyridine rings is 1. The first-order chi connectivity index (χ1) is 11.6. The molecular weight excluding hydrogens is 334 g/mol. The van der Waals surface area contributed by atoms with Crippen molar-refractivity contribution in [2.75, 3.05) is 31.2 Å². The van der Waals surface area contributed by atoms with Crippen molar-refractivity contribution < 1.29 is 4.68 Å². The van der Waals surface area contributed by atoms with Crippen LogP contribution in [0.1, 0.15) is 16.7 Å². The Kier molecular flexibility index (Phi) is 5.87. The molecule has 24 heavy (non-hydrogen) atoms. The van der Waals surface area contributed by atoms with Crippen molar-refractivity contribution in [3.63, 3.8) is 0 Å². The molecule has 0 N–H and O–H groups in total. The lowest BCUT2D eigenvalue weighted by atomic mass is 10.1. The third-order valence-corrected chi connectivity index (χ3v) is 4.98. The van der Waals surface area contributed by atoms with Crippen molar-refractivity contribution in [3.05, 3.63) is 65.5 Å². The Balaban J connectivity index is 1.60. The number of aromatic nitrogens is 1. The van der Waals surface area contributed by atoms with Crippen molar-refractivity contribution in [3.8, 4) is 0 Å². The molecule has 0 saturated carbocycles. The van der Waals surface area contributed by atoms with Crippen LogP contribution >= 0.6 is 25.3 Å². The van der Waals surface area contributed by atoms with E-state index in [9.17, 15) is 0 Å². The van der Waals surface area contributed by atoms with Gasteiger partial charge in [-0.3, -0.25) is 4.90 Å². The smallest absolute Gasteiger partial charge is 0.200 e. The van der Waals surface area contributed by atoms with Gasteiger partial charge in [0.25, 0.3) is 0 Å². The van der Waals surface area contributed by atoms with Crippen LogP contribution in [0.15, 0.2) is 48.8 Å². The second kappa shape index (κ2) is 8.10. The van der Waals surface area contributed by atoms with E-state index < -0.39 is 0 Å². The van der Waals surface area contributed by atoms with E-state index in [2.05, 4.69) is 108 Å². The fourth-order valence-electron chi connectivity index (χ4n) is 2.77. The molecule has 0 atom stereocenters. The van der Waals surface area contributed by atoms with Gasteiger partial charge in [-0.05, 0) is 18.1 Å². The van der Waals surface area contributed by atoms with Gasteiger partial charge >= 0.3 is 0 Å². The number of hydrogen-bond acceptors (Lipinski definition) is 4. The van der Waals surface area contributed by atoms with Crippen LogP contribution in [-0.4, -0.2) is 35.8 Å². The van der Waals surface area contributed by atoms with Gasteiger partial charge in [0, 0.05) is 25.2 Å². The summed E-state index contributed by atoms with van der Waals surface area (Å²) in [5, 5.41) is 2.34. The van der Waals surface area contributed by atoms with Crippen LogP contribution in [0.25, 0.3) is 12.2 Å². The summed E-state index contributed by atoms with van der Waals surface area (Å²) in [5.41, 5.74) is 3.72. The maximum Gasteiger partial charge on any atom is 0.200 e. The molecular formula is C19H24N3S2+. The summed E-state index contributed by atoms with van der Waals surface area (Å²) in [4.78, 5) is 2.27. The molecule has 2 aromatic rings. The van der Waals surface area contributed by atoms with Crippen molar-refractivity contribution in [2.45, 2.75) is 11.6 Å². The number of benzene rings is 1. The number of rotatable bonds is 4. The third kappa shape index (κ3) is 4.56. The fourth-order valence-corrected chi connectivity index (χ4v) is 3.23. The van der Waals surface area contributed by atoms with Crippen LogP contribution in [0.4, 0.5) is 0 Å². The number of aryl methyl sites for hydroxylation is 1. The minimum absolute atomic E-state index is 0.0337. The molecule has 1 aromatic heterocycles. The van der Waals surface area contributed by atoms with Crippen LogP contribution in [0.5, 0.6) is 0 Å². The van der Waals surface area contributed by atoms with Crippen LogP contribution in [-0.2, 0) is 0 Å². The minimum atomic E-state index is 0.0337. The largest absolute Gasteiger partial charge is 0.280 e. The highest BCUT2D eigenvalue weighted by molar-refractivity contribution is 7.99. The topological polar surface area (TPSA) is 10.4 Å². The molecule has 0 amide bonds. The van der Waals surface area contributed by atoms with Crippen LogP contribution in [0.2, 0.25) is 0 Å². The van der Waals surface area contributed by atoms with Crippen molar-refractivity contribution in [2.24, 2.45) is 0 Å². The van der Waals surface area contributed by atoms with E-state index in [1.165, 1.54) is 16.7 Å². The van der Waals surface area contributed by atoms with Crippen LogP contribution in [0.3, 0.4) is 0 Å². The van der Waals surface area contributed by atoms with Crippen molar-refractivity contribution in [1.29, 1.82) is 0 Å². The number of piperazine rings is 1. The van der Waals surface area contributed by atoms with E-state index in [1.54, 1.807) is 0 Å². The molecule has 1 aliphatic rings. The Bertz CT molecular complexity index is 673. The van der Waals surface area contributed by atoms with Gasteiger partial charge in [0.15, 0.2) is 12.4 Å². The molecule has 3 rings (SSSR count). The first-order valence-electron chi connectivity index (χ1n) is 8.23. The summed E-state index contributed by atoms with van der Waals surface area (Å²) in [6, 6.07) is 12.9. The second-order valence-electron chi connectivity index (χ2n) is 6.09. The second-order valence-corrected chi connectivity index (χ2v) is 7.48. The monoisotopic (exact) mass is 358 g/mol. The molecule has 1 saturated heterocycles. The van der Waals surface area contributed by atoms with Gasteiger partial charge in [-0.15, -0.1) is 25.3 Å². The van der Waals surface area contributed by atoms with Gasteiger partial charge in [-0.1, -0.05) is 46.7 Å². The molecule has 0 unspecified atom stereocenters. The number of hydrogen-bond donors (Lipinski definition) is 2. The quantitative estimate of drug-likeness (QED) is 0.495. The maximum absolute atomic E-state index is 4.39. The molecule has 3 nitrogen and oxygen atoms in total. The highest BCUT2D eigenvalue weighted by Gasteiger charge is 2.23. The van der Waals surface area contributed by atoms with Gasteiger partial charge in [-0.25, -0.2) is 0 Å². The lowest BCUT2D eigenvalue weighted by Gasteiger charge is -2.33. The molecule has 1 aliphatic heterocycles. The lowest BCUT2D eigenvalue weighted by Crippen LogP contribution is -2.64. The van der Waals surface area contributed by atoms with Gasteiger partial charge in [-0.2, -0.15) is 5.01 Å². The van der Waals surface area contributed by atoms with Crippen LogP contribution in [0, 0.1) is 6.92 Å². The minimum Gasteiger partial charge on any atom is -0.280 e. The molecule has 0 spiro atoms. The average molecular weight is 359 g/mol. The van der Waals surface area contributed by atoms with Gasteiger partial charge in [0.1, 0.15) is 0 Å². The molecule has 0 aliphatic carbocycles. The first kappa shape index (κ1) is 17.4. The van der Waals surface area contributed by atoms with E-state index in [4.69, 9.17) is 0 Å². The van der Waals surface area contributed by atoms with E-state index in [0.717, 1.165) is 26.2 Å². The average Bonchev–Trinajstić information content (AvgIpc) is 2.62. The maximum atomic E-state index is 4.39. The lowest BCUT2D eigenvalue weighted by molar-refractivity contribution is -0.694. The van der Waals surface area contributed by atoms with E-state index in [0.29, 0.717) is 0 Å². The molecule has 1 fully saturated rings. The molecule has 5 heteroatoms. The zero-order valence-electron chi connectivity index (χ0n) is 13.9. The van der Waals surface area contributed by atoms with E-state index in [-0.39, 0.29) is 4.71 Å². The normalized spacial score (nSPS) is 16.2. The SMILES string of the molecule is Cc1ccc(/C=C/c2cc[n+](N3CCN(C(S)S)CC3)cc2)cc1. The fraction of sp³-hybridized carbons (Fsp3) is 0.316. The zero-order valence-corrected chi connectivity index (χ0v) is 15.7. The summed E-state index contributed by atoms with van der Waals surface area (Å²) in [6.45, 7) is 6.05. The van der Waals surface area contributed by atoms with E-state index >= 15 is 0 Å². The zero-order chi connectivity index (χ0) is 16.9. The van der Waals surface area contributed by atoms with Gasteiger partial charge in [0.05, 0.1) is 17.8 Å². The summed E-state index contributed by atoms with van der Waals surface area (Å²) < 4.78 is 2.21. The molecule has 0 radical (unpaired) electrons. The Morgan fingerprint density at radius 2 is 1.42 bits per heavy atom. The first-order valence-corrected chi connectivity index (χ1v) is 9.26. The molecule has 126 valence electrons. The summed E-state index contributed by atoms with van der Waals surface area (Å²) in [5.74, 6) is 0. The summed E-state index contributed by atoms with van der Waals surface area (Å²) in [7, 11) is 0. The molecule has 0 bridgehead atoms. The highest BCUT2D eigenvalue weighted by Crippen LogP contribution is 2.11. The highest BCUT2D eigenvalue weighted by atomic mass is 32.2. The third-order valence-electron chi connectivity index (χ3n) is 4.33. The Labute approximate surface area is 155 Å². The van der Waals surface area contributed by atoms with Gasteiger partial charge < -0.3 is 0 Å². The number of nitrogens with zero attached hydrogens (tertiary/aromatic N) is 3. The van der Waals surface area contributed by atoms with Crippen LogP contribution < -0.4 is 9.69 Å². The Morgan fingerprint density at radius 3 is 1.96 bits per heavy atom. The summed E-state index contributed by atoms with van der Waals surface area (Å²) in [6.07, 6.45) is 8.56. The Hall–Kier alpha value is -1.43. The number of thiol groups is 2. The van der Waals surface area contributed by atoms with E-state index in [1.807, 2.05) is 0 Å². The Morgan fingerprint density at radius 1 is 0.875 bits per heavy atom. The van der Waals surface area contributed by atoms with Gasteiger partial charge in [0.2, 0.25) is 0 Å².